The van der Waals surface area contributed by atoms with Crippen LogP contribution in [0.15, 0.2) is 29.2 Å². The highest BCUT2D eigenvalue weighted by atomic mass is 32.2. The summed E-state index contributed by atoms with van der Waals surface area (Å²) in [6, 6.07) is 6.25. The van der Waals surface area contributed by atoms with E-state index < -0.39 is 10.0 Å². The molecule has 2 atom stereocenters. The van der Waals surface area contributed by atoms with Gasteiger partial charge in [-0.05, 0) is 42.5 Å². The van der Waals surface area contributed by atoms with E-state index in [1.165, 1.54) is 19.2 Å². The Bertz CT molecular complexity index is 633. The van der Waals surface area contributed by atoms with E-state index in [2.05, 4.69) is 19.2 Å². The SMILES string of the molecule is COCC(=O)Nc1ccc(S(=O)(=O)N2C[C@H](C)C[C@H](C)C2)cc1. The lowest BCUT2D eigenvalue weighted by atomic mass is 9.94. The molecule has 1 aromatic carbocycles. The van der Waals surface area contributed by atoms with Crippen molar-refractivity contribution in [3.05, 3.63) is 24.3 Å². The van der Waals surface area contributed by atoms with Crippen LogP contribution in [-0.4, -0.2) is 45.4 Å². The predicted octanol–water partition coefficient (Wildman–Crippen LogP) is 1.94. The van der Waals surface area contributed by atoms with Crippen molar-refractivity contribution < 1.29 is 17.9 Å². The lowest BCUT2D eigenvalue weighted by Gasteiger charge is -2.34. The molecule has 6 nitrogen and oxygen atoms in total. The Morgan fingerprint density at radius 1 is 1.22 bits per heavy atom. The first-order valence-electron chi connectivity index (χ1n) is 7.72. The number of carbonyl (C=O) groups is 1. The van der Waals surface area contributed by atoms with Crippen molar-refractivity contribution in [3.8, 4) is 0 Å². The Morgan fingerprint density at radius 2 is 1.78 bits per heavy atom. The van der Waals surface area contributed by atoms with Crippen LogP contribution in [0.25, 0.3) is 0 Å². The molecular weight excluding hydrogens is 316 g/mol. The van der Waals surface area contributed by atoms with E-state index in [0.29, 0.717) is 30.6 Å². The molecule has 0 saturated carbocycles. The third kappa shape index (κ3) is 4.53. The van der Waals surface area contributed by atoms with Gasteiger partial charge >= 0.3 is 0 Å². The number of amides is 1. The monoisotopic (exact) mass is 340 g/mol. The van der Waals surface area contributed by atoms with Crippen LogP contribution < -0.4 is 5.32 Å². The summed E-state index contributed by atoms with van der Waals surface area (Å²) in [7, 11) is -2.05. The number of methoxy groups -OCH3 is 1. The molecule has 0 spiro atoms. The Labute approximate surface area is 137 Å². The zero-order chi connectivity index (χ0) is 17.0. The maximum absolute atomic E-state index is 12.7. The minimum absolute atomic E-state index is 0.0381. The first-order valence-corrected chi connectivity index (χ1v) is 9.16. The molecule has 1 aliphatic heterocycles. The molecule has 1 aliphatic rings. The number of benzene rings is 1. The molecule has 1 N–H and O–H groups in total. The normalized spacial score (nSPS) is 22.7. The third-order valence-corrected chi connectivity index (χ3v) is 5.73. The molecule has 0 unspecified atom stereocenters. The van der Waals surface area contributed by atoms with Gasteiger partial charge in [-0.2, -0.15) is 4.31 Å². The molecule has 128 valence electrons. The number of anilines is 1. The average Bonchev–Trinajstić information content (AvgIpc) is 2.47. The Kier molecular flexibility index (Phi) is 5.78. The van der Waals surface area contributed by atoms with E-state index in [1.807, 2.05) is 0 Å². The second kappa shape index (κ2) is 7.42. The van der Waals surface area contributed by atoms with Gasteiger partial charge < -0.3 is 10.1 Å². The highest BCUT2D eigenvalue weighted by Crippen LogP contribution is 2.27. The number of sulfonamides is 1. The van der Waals surface area contributed by atoms with Gasteiger partial charge in [0, 0.05) is 25.9 Å². The van der Waals surface area contributed by atoms with Gasteiger partial charge in [0.05, 0.1) is 4.90 Å². The van der Waals surface area contributed by atoms with Gasteiger partial charge in [-0.3, -0.25) is 4.79 Å². The van der Waals surface area contributed by atoms with Crippen LogP contribution in [0.5, 0.6) is 0 Å². The van der Waals surface area contributed by atoms with Crippen LogP contribution >= 0.6 is 0 Å². The molecule has 1 heterocycles. The van der Waals surface area contributed by atoms with Gasteiger partial charge in [0.15, 0.2) is 0 Å². The summed E-state index contributed by atoms with van der Waals surface area (Å²) < 4.78 is 31.8. The third-order valence-electron chi connectivity index (χ3n) is 3.89. The van der Waals surface area contributed by atoms with Crippen molar-refractivity contribution in [3.63, 3.8) is 0 Å². The number of rotatable bonds is 5. The number of carbonyl (C=O) groups excluding carboxylic acids is 1. The molecule has 0 aliphatic carbocycles. The van der Waals surface area contributed by atoms with Crippen molar-refractivity contribution in [2.45, 2.75) is 25.2 Å². The number of nitrogens with one attached hydrogen (secondary N) is 1. The maximum Gasteiger partial charge on any atom is 0.250 e. The first-order chi connectivity index (χ1) is 10.8. The number of piperidine rings is 1. The van der Waals surface area contributed by atoms with Crippen molar-refractivity contribution in [1.82, 2.24) is 4.31 Å². The van der Waals surface area contributed by atoms with Crippen LogP contribution in [0, 0.1) is 11.8 Å². The van der Waals surface area contributed by atoms with Crippen molar-refractivity contribution in [2.24, 2.45) is 11.8 Å². The fraction of sp³-hybridized carbons (Fsp3) is 0.562. The standard InChI is InChI=1S/C16H24N2O4S/c1-12-8-13(2)10-18(9-12)23(20,21)15-6-4-14(5-7-15)17-16(19)11-22-3/h4-7,12-13H,8-11H2,1-3H3,(H,17,19)/t12-,13+. The van der Waals surface area contributed by atoms with Gasteiger partial charge in [0.2, 0.25) is 15.9 Å². The highest BCUT2D eigenvalue weighted by Gasteiger charge is 2.31. The molecule has 7 heteroatoms. The predicted molar refractivity (Wildman–Crippen MR) is 88.7 cm³/mol. The number of ether oxygens (including phenoxy) is 1. The Balaban J connectivity index is 2.12. The minimum Gasteiger partial charge on any atom is -0.375 e. The molecule has 0 radical (unpaired) electrons. The number of hydrogen-bond donors (Lipinski definition) is 1. The summed E-state index contributed by atoms with van der Waals surface area (Å²) in [5.41, 5.74) is 0.548. The Hall–Kier alpha value is -1.44. The summed E-state index contributed by atoms with van der Waals surface area (Å²) in [5, 5.41) is 2.64. The fourth-order valence-electron chi connectivity index (χ4n) is 2.99. The van der Waals surface area contributed by atoms with E-state index in [-0.39, 0.29) is 17.4 Å². The summed E-state index contributed by atoms with van der Waals surface area (Å²) in [6.07, 6.45) is 1.05. The lowest BCUT2D eigenvalue weighted by molar-refractivity contribution is -0.119. The molecule has 1 aromatic rings. The van der Waals surface area contributed by atoms with Crippen LogP contribution in [0.4, 0.5) is 5.69 Å². The fourth-order valence-corrected chi connectivity index (χ4v) is 4.67. The lowest BCUT2D eigenvalue weighted by Crippen LogP contribution is -2.42. The summed E-state index contributed by atoms with van der Waals surface area (Å²) in [6.45, 7) is 5.22. The van der Waals surface area contributed by atoms with Gasteiger partial charge in [0.25, 0.3) is 0 Å². The first kappa shape index (κ1) is 17.9. The molecule has 23 heavy (non-hydrogen) atoms. The molecule has 2 rings (SSSR count). The largest absolute Gasteiger partial charge is 0.375 e. The molecular formula is C16H24N2O4S. The van der Waals surface area contributed by atoms with Gasteiger partial charge in [-0.25, -0.2) is 8.42 Å². The summed E-state index contributed by atoms with van der Waals surface area (Å²) in [5.74, 6) is 0.448. The van der Waals surface area contributed by atoms with E-state index in [9.17, 15) is 13.2 Å². The van der Waals surface area contributed by atoms with Crippen molar-refractivity contribution in [2.75, 3.05) is 32.1 Å². The smallest absolute Gasteiger partial charge is 0.250 e. The number of nitrogens with zero attached hydrogens (tertiary/aromatic N) is 1. The van der Waals surface area contributed by atoms with Crippen LogP contribution in [-0.2, 0) is 19.6 Å². The van der Waals surface area contributed by atoms with Crippen molar-refractivity contribution in [1.29, 1.82) is 0 Å². The highest BCUT2D eigenvalue weighted by molar-refractivity contribution is 7.89. The quantitative estimate of drug-likeness (QED) is 0.889. The van der Waals surface area contributed by atoms with Crippen molar-refractivity contribution >= 4 is 21.6 Å². The molecule has 0 bridgehead atoms. The topological polar surface area (TPSA) is 75.7 Å². The van der Waals surface area contributed by atoms with Gasteiger partial charge in [-0.15, -0.1) is 0 Å². The van der Waals surface area contributed by atoms with E-state index >= 15 is 0 Å². The van der Waals surface area contributed by atoms with Gasteiger partial charge in [-0.1, -0.05) is 13.8 Å². The number of hydrogen-bond acceptors (Lipinski definition) is 4. The maximum atomic E-state index is 12.7. The molecule has 1 fully saturated rings. The van der Waals surface area contributed by atoms with Crippen LogP contribution in [0.1, 0.15) is 20.3 Å². The summed E-state index contributed by atoms with van der Waals surface area (Å²) in [4.78, 5) is 11.7. The molecule has 1 amide bonds. The minimum atomic E-state index is -3.49. The van der Waals surface area contributed by atoms with E-state index in [1.54, 1.807) is 16.4 Å². The molecule has 0 aromatic heterocycles. The zero-order valence-electron chi connectivity index (χ0n) is 13.8. The average molecular weight is 340 g/mol. The second-order valence-corrected chi connectivity index (χ2v) is 8.21. The van der Waals surface area contributed by atoms with Crippen LogP contribution in [0.3, 0.4) is 0 Å². The van der Waals surface area contributed by atoms with E-state index in [0.717, 1.165) is 6.42 Å². The Morgan fingerprint density at radius 3 is 2.30 bits per heavy atom. The second-order valence-electron chi connectivity index (χ2n) is 6.27. The molecule has 1 saturated heterocycles. The zero-order valence-corrected chi connectivity index (χ0v) is 14.6. The van der Waals surface area contributed by atoms with E-state index in [4.69, 9.17) is 4.74 Å². The summed E-state index contributed by atoms with van der Waals surface area (Å²) >= 11 is 0. The van der Waals surface area contributed by atoms with Gasteiger partial charge in [0.1, 0.15) is 6.61 Å². The van der Waals surface area contributed by atoms with Crippen LogP contribution in [0.2, 0.25) is 0 Å².